The molecule has 3 amide bonds. The van der Waals surface area contributed by atoms with Crippen LogP contribution in [0.3, 0.4) is 0 Å². The summed E-state index contributed by atoms with van der Waals surface area (Å²) in [5.74, 6) is -2.23. The average molecular weight is 462 g/mol. The summed E-state index contributed by atoms with van der Waals surface area (Å²) in [6.45, 7) is 4.30. The van der Waals surface area contributed by atoms with Crippen LogP contribution in [-0.2, 0) is 9.59 Å². The minimum Gasteiger partial charge on any atom is -0.338 e. The monoisotopic (exact) mass is 462 g/mol. The van der Waals surface area contributed by atoms with Gasteiger partial charge in [0, 0.05) is 25.0 Å². The summed E-state index contributed by atoms with van der Waals surface area (Å²) in [4.78, 5) is 42.9. The highest BCUT2D eigenvalue weighted by Gasteiger charge is 2.28. The van der Waals surface area contributed by atoms with Gasteiger partial charge in [-0.1, -0.05) is 12.6 Å². The minimum atomic E-state index is -0.694. The summed E-state index contributed by atoms with van der Waals surface area (Å²) in [5, 5.41) is 11.8. The minimum absolute atomic E-state index is 0.00506. The van der Waals surface area contributed by atoms with Crippen LogP contribution in [0.4, 0.5) is 15.8 Å². The largest absolute Gasteiger partial charge is 0.338 e. The molecule has 0 bridgehead atoms. The van der Waals surface area contributed by atoms with E-state index in [0.717, 1.165) is 6.07 Å². The molecule has 3 N–H and O–H groups in total. The van der Waals surface area contributed by atoms with Crippen molar-refractivity contribution in [3.63, 3.8) is 0 Å². The highest BCUT2D eigenvalue weighted by atomic mass is 19.1. The van der Waals surface area contributed by atoms with E-state index in [4.69, 9.17) is 0 Å². The van der Waals surface area contributed by atoms with Crippen LogP contribution in [0.1, 0.15) is 23.3 Å². The van der Waals surface area contributed by atoms with E-state index in [2.05, 4.69) is 32.4 Å². The number of pyridine rings is 1. The van der Waals surface area contributed by atoms with Gasteiger partial charge in [-0.3, -0.25) is 19.5 Å². The molecule has 0 aliphatic carbocycles. The summed E-state index contributed by atoms with van der Waals surface area (Å²) in [7, 11) is 0. The summed E-state index contributed by atoms with van der Waals surface area (Å²) < 4.78 is 14.7. The second kappa shape index (κ2) is 10.1. The Hall–Kier alpha value is -4.34. The van der Waals surface area contributed by atoms with Gasteiger partial charge < -0.3 is 15.5 Å². The fraction of sp³-hybridized carbons (Fsp3) is 0.208. The first-order valence-corrected chi connectivity index (χ1v) is 10.7. The van der Waals surface area contributed by atoms with Crippen LogP contribution in [0.5, 0.6) is 0 Å². The van der Waals surface area contributed by atoms with Crippen molar-refractivity contribution in [1.29, 1.82) is 0 Å². The third kappa shape index (κ3) is 5.17. The van der Waals surface area contributed by atoms with E-state index >= 15 is 0 Å². The number of carbonyl (C=O) groups excluding carboxylic acids is 3. The maximum Gasteiger partial charge on any atom is 0.274 e. The van der Waals surface area contributed by atoms with Gasteiger partial charge in [0.2, 0.25) is 11.8 Å². The van der Waals surface area contributed by atoms with Gasteiger partial charge in [0.1, 0.15) is 11.5 Å². The molecule has 1 aliphatic rings. The van der Waals surface area contributed by atoms with Gasteiger partial charge in [0.15, 0.2) is 0 Å². The quantitative estimate of drug-likeness (QED) is 0.486. The number of benzene rings is 1. The van der Waals surface area contributed by atoms with E-state index in [-0.39, 0.29) is 35.4 Å². The Labute approximate surface area is 195 Å². The molecule has 1 aromatic carbocycles. The lowest BCUT2D eigenvalue weighted by atomic mass is 9.97. The Morgan fingerprint density at radius 2 is 2.03 bits per heavy atom. The molecule has 0 radical (unpaired) electrons. The van der Waals surface area contributed by atoms with Gasteiger partial charge in [-0.05, 0) is 55.3 Å². The molecule has 10 heteroatoms. The Kier molecular flexibility index (Phi) is 6.77. The number of halogens is 1. The molecular formula is C24H23FN6O3. The summed E-state index contributed by atoms with van der Waals surface area (Å²) >= 11 is 0. The van der Waals surface area contributed by atoms with Crippen LogP contribution >= 0.6 is 0 Å². The van der Waals surface area contributed by atoms with Gasteiger partial charge >= 0.3 is 0 Å². The van der Waals surface area contributed by atoms with E-state index in [1.54, 1.807) is 35.4 Å². The van der Waals surface area contributed by atoms with E-state index in [9.17, 15) is 18.8 Å². The molecule has 1 atom stereocenters. The van der Waals surface area contributed by atoms with Gasteiger partial charge in [0.25, 0.3) is 5.91 Å². The fourth-order valence-corrected chi connectivity index (χ4v) is 3.75. The molecule has 3 aromatic rings. The first kappa shape index (κ1) is 22.8. The number of anilines is 2. The molecule has 4 rings (SSSR count). The fourth-order valence-electron chi connectivity index (χ4n) is 3.75. The van der Waals surface area contributed by atoms with Crippen LogP contribution in [-0.4, -0.2) is 50.9 Å². The predicted octanol–water partition coefficient (Wildman–Crippen LogP) is 3.23. The van der Waals surface area contributed by atoms with Crippen molar-refractivity contribution in [2.75, 3.05) is 23.7 Å². The number of carbonyl (C=O) groups is 3. The molecule has 1 aliphatic heterocycles. The van der Waals surface area contributed by atoms with Crippen LogP contribution in [0, 0.1) is 11.7 Å². The summed E-state index contributed by atoms with van der Waals surface area (Å²) in [6, 6.07) is 10.7. The molecule has 0 spiro atoms. The van der Waals surface area contributed by atoms with E-state index in [0.29, 0.717) is 30.8 Å². The van der Waals surface area contributed by atoms with E-state index < -0.39 is 17.6 Å². The number of nitrogens with one attached hydrogen (secondary N) is 3. The van der Waals surface area contributed by atoms with Crippen molar-refractivity contribution in [3.05, 3.63) is 72.8 Å². The molecule has 174 valence electrons. The standard InChI is InChI=1S/C24H23FN6O3/c1-2-22(32)31-12-4-5-15(14-31)23(33)29-18-9-8-16(13-17(18)25)27-24(34)21-7-3-6-19(28-21)20-10-11-26-30-20/h2-3,6-11,13,15H,1,4-5,12,14H2,(H,26,30)(H,27,34)(H,29,33)/t15-/m0/s1. The normalized spacial score (nSPS) is 15.4. The first-order valence-electron chi connectivity index (χ1n) is 10.7. The van der Waals surface area contributed by atoms with Crippen molar-refractivity contribution >= 4 is 29.1 Å². The molecule has 0 saturated carbocycles. The Morgan fingerprint density at radius 1 is 1.18 bits per heavy atom. The molecule has 9 nitrogen and oxygen atoms in total. The van der Waals surface area contributed by atoms with E-state index in [1.165, 1.54) is 18.2 Å². The lowest BCUT2D eigenvalue weighted by Gasteiger charge is -2.31. The van der Waals surface area contributed by atoms with Crippen molar-refractivity contribution in [3.8, 4) is 11.4 Å². The van der Waals surface area contributed by atoms with Crippen molar-refractivity contribution in [1.82, 2.24) is 20.1 Å². The van der Waals surface area contributed by atoms with Crippen molar-refractivity contribution in [2.45, 2.75) is 12.8 Å². The van der Waals surface area contributed by atoms with Gasteiger partial charge in [-0.25, -0.2) is 9.37 Å². The number of hydrogen-bond donors (Lipinski definition) is 3. The van der Waals surface area contributed by atoms with Crippen LogP contribution in [0.25, 0.3) is 11.4 Å². The predicted molar refractivity (Wildman–Crippen MR) is 124 cm³/mol. The number of likely N-dealkylation sites (tertiary alicyclic amines) is 1. The SMILES string of the molecule is C=CC(=O)N1CCC[C@H](C(=O)Nc2ccc(NC(=O)c3cccc(-c4ccn[nH]4)n3)cc2F)C1. The first-order chi connectivity index (χ1) is 16.4. The molecule has 1 saturated heterocycles. The van der Waals surface area contributed by atoms with Crippen molar-refractivity contribution in [2.24, 2.45) is 5.92 Å². The second-order valence-electron chi connectivity index (χ2n) is 7.84. The third-order valence-electron chi connectivity index (χ3n) is 5.52. The topological polar surface area (TPSA) is 120 Å². The highest BCUT2D eigenvalue weighted by molar-refractivity contribution is 6.03. The molecular weight excluding hydrogens is 439 g/mol. The van der Waals surface area contributed by atoms with E-state index in [1.807, 2.05) is 0 Å². The zero-order chi connectivity index (χ0) is 24.1. The smallest absolute Gasteiger partial charge is 0.274 e. The lowest BCUT2D eigenvalue weighted by molar-refractivity contribution is -0.130. The number of nitrogens with zero attached hydrogens (tertiary/aromatic N) is 3. The zero-order valence-corrected chi connectivity index (χ0v) is 18.3. The number of piperidine rings is 1. The molecule has 3 heterocycles. The number of aromatic nitrogens is 3. The van der Waals surface area contributed by atoms with Gasteiger partial charge in [-0.15, -0.1) is 0 Å². The van der Waals surface area contributed by atoms with Gasteiger partial charge in [0.05, 0.1) is 23.0 Å². The lowest BCUT2D eigenvalue weighted by Crippen LogP contribution is -2.43. The average Bonchev–Trinajstić information content (AvgIpc) is 3.40. The summed E-state index contributed by atoms with van der Waals surface area (Å²) in [5.41, 5.74) is 1.58. The highest BCUT2D eigenvalue weighted by Crippen LogP contribution is 2.23. The van der Waals surface area contributed by atoms with Crippen molar-refractivity contribution < 1.29 is 18.8 Å². The number of amides is 3. The Bertz CT molecular complexity index is 1230. The molecule has 34 heavy (non-hydrogen) atoms. The van der Waals surface area contributed by atoms with Crippen LogP contribution in [0.2, 0.25) is 0 Å². The van der Waals surface area contributed by atoms with Gasteiger partial charge in [-0.2, -0.15) is 5.10 Å². The number of hydrogen-bond acceptors (Lipinski definition) is 5. The van der Waals surface area contributed by atoms with Crippen LogP contribution < -0.4 is 10.6 Å². The summed E-state index contributed by atoms with van der Waals surface area (Å²) in [6.07, 6.45) is 4.09. The number of aromatic amines is 1. The molecule has 0 unspecified atom stereocenters. The Balaban J connectivity index is 1.40. The number of H-pyrrole nitrogens is 1. The van der Waals surface area contributed by atoms with Crippen LogP contribution in [0.15, 0.2) is 61.3 Å². The molecule has 2 aromatic heterocycles. The maximum absolute atomic E-state index is 14.7. The zero-order valence-electron chi connectivity index (χ0n) is 18.3. The maximum atomic E-state index is 14.7. The Morgan fingerprint density at radius 3 is 2.76 bits per heavy atom. The molecule has 1 fully saturated rings. The second-order valence-corrected chi connectivity index (χ2v) is 7.84. The number of rotatable bonds is 6. The third-order valence-corrected chi connectivity index (χ3v) is 5.52.